The lowest BCUT2D eigenvalue weighted by molar-refractivity contribution is -0.159. The molecule has 0 saturated heterocycles. The molecule has 2 aromatic carbocycles. The maximum atomic E-state index is 14.7. The van der Waals surface area contributed by atoms with E-state index < -0.39 is 47.3 Å². The van der Waals surface area contributed by atoms with Gasteiger partial charge in [-0.1, -0.05) is 62.4 Å². The number of rotatable bonds is 11. The predicted octanol–water partition coefficient (Wildman–Crippen LogP) is 6.34. The number of nitrogens with one attached hydrogen (secondary N) is 2. The lowest BCUT2D eigenvalue weighted by Crippen LogP contribution is -2.60. The van der Waals surface area contributed by atoms with Gasteiger partial charge in [-0.05, 0) is 103 Å². The Balaban J connectivity index is 2.10. The van der Waals surface area contributed by atoms with Gasteiger partial charge in [-0.25, -0.2) is 9.59 Å². The molecule has 1 saturated carbocycles. The van der Waals surface area contributed by atoms with Crippen molar-refractivity contribution in [2.24, 2.45) is 5.92 Å². The van der Waals surface area contributed by atoms with Crippen molar-refractivity contribution in [1.82, 2.24) is 15.5 Å². The zero-order valence-corrected chi connectivity index (χ0v) is 29.2. The first-order valence-corrected chi connectivity index (χ1v) is 16.3. The zero-order chi connectivity index (χ0) is 34.4. The summed E-state index contributed by atoms with van der Waals surface area (Å²) in [6.45, 7) is 18.2. The fourth-order valence-electron chi connectivity index (χ4n) is 5.61. The Labute approximate surface area is 274 Å². The molecular weight excluding hydrogens is 582 g/mol. The van der Waals surface area contributed by atoms with Gasteiger partial charge in [-0.15, -0.1) is 0 Å². The lowest BCUT2D eigenvalue weighted by Gasteiger charge is -2.45. The van der Waals surface area contributed by atoms with Crippen LogP contribution in [0.4, 0.5) is 4.79 Å². The number of nitrogens with zero attached hydrogens (tertiary/aromatic N) is 1. The van der Waals surface area contributed by atoms with Gasteiger partial charge in [0.1, 0.15) is 29.3 Å². The molecule has 1 fully saturated rings. The third-order valence-corrected chi connectivity index (χ3v) is 7.96. The minimum absolute atomic E-state index is 0.215. The molecule has 0 aliphatic heterocycles. The van der Waals surface area contributed by atoms with Crippen LogP contribution in [0.15, 0.2) is 48.5 Å². The summed E-state index contributed by atoms with van der Waals surface area (Å²) in [6.07, 6.45) is 1.87. The smallest absolute Gasteiger partial charge is 0.408 e. The van der Waals surface area contributed by atoms with Crippen LogP contribution in [0.2, 0.25) is 0 Å². The predicted molar refractivity (Wildman–Crippen MR) is 179 cm³/mol. The third-order valence-electron chi connectivity index (χ3n) is 7.96. The highest BCUT2D eigenvalue weighted by Gasteiger charge is 2.44. The summed E-state index contributed by atoms with van der Waals surface area (Å²) in [6, 6.07) is 12.0. The maximum Gasteiger partial charge on any atom is 0.408 e. The number of benzene rings is 2. The van der Waals surface area contributed by atoms with Gasteiger partial charge in [0.15, 0.2) is 0 Å². The molecule has 1 aliphatic rings. The van der Waals surface area contributed by atoms with E-state index in [1.165, 1.54) is 0 Å². The van der Waals surface area contributed by atoms with E-state index in [1.54, 1.807) is 46.4 Å². The summed E-state index contributed by atoms with van der Waals surface area (Å²) in [5, 5.41) is 5.79. The standard InChI is InChI=1S/C37H53N3O6/c1-23(2)30(39-35(44)46-37(8,9)10)33(42)40(27-20-15-21-27)31(29-24(3)16-14-17-25(29)4)32(41)38-28(34(43)45-36(5,6)7)22-26-18-12-11-13-19-26/h11-14,16-19,23,27-28,30-31H,15,20-22H2,1-10H3,(H,38,41)(H,39,44). The highest BCUT2D eigenvalue weighted by molar-refractivity contribution is 5.94. The van der Waals surface area contributed by atoms with Gasteiger partial charge in [0.2, 0.25) is 11.8 Å². The molecule has 9 heteroatoms. The molecule has 3 unspecified atom stereocenters. The van der Waals surface area contributed by atoms with E-state index in [1.807, 2.05) is 76.2 Å². The van der Waals surface area contributed by atoms with E-state index in [0.717, 1.165) is 36.0 Å². The molecule has 0 radical (unpaired) electrons. The first-order chi connectivity index (χ1) is 21.4. The Morgan fingerprint density at radius 3 is 1.87 bits per heavy atom. The second-order valence-electron chi connectivity index (χ2n) is 14.7. The molecule has 3 rings (SSSR count). The highest BCUT2D eigenvalue weighted by atomic mass is 16.6. The van der Waals surface area contributed by atoms with Crippen LogP contribution in [0.25, 0.3) is 0 Å². The van der Waals surface area contributed by atoms with Crippen LogP contribution in [0.1, 0.15) is 103 Å². The molecule has 0 bridgehead atoms. The van der Waals surface area contributed by atoms with Crippen LogP contribution in [0.5, 0.6) is 0 Å². The van der Waals surface area contributed by atoms with Crippen LogP contribution in [0, 0.1) is 19.8 Å². The normalized spacial score (nSPS) is 15.6. The van der Waals surface area contributed by atoms with Gasteiger partial charge >= 0.3 is 12.1 Å². The van der Waals surface area contributed by atoms with E-state index >= 15 is 0 Å². The maximum absolute atomic E-state index is 14.7. The zero-order valence-electron chi connectivity index (χ0n) is 29.2. The molecular formula is C37H53N3O6. The quantitative estimate of drug-likeness (QED) is 0.279. The van der Waals surface area contributed by atoms with Crippen molar-refractivity contribution in [3.05, 3.63) is 70.8 Å². The summed E-state index contributed by atoms with van der Waals surface area (Å²) in [5.41, 5.74) is 1.72. The van der Waals surface area contributed by atoms with Crippen LogP contribution >= 0.6 is 0 Å². The van der Waals surface area contributed by atoms with E-state index in [9.17, 15) is 19.2 Å². The molecule has 3 atom stereocenters. The third kappa shape index (κ3) is 10.1. The van der Waals surface area contributed by atoms with Crippen molar-refractivity contribution < 1.29 is 28.7 Å². The van der Waals surface area contributed by atoms with Gasteiger partial charge in [0.25, 0.3) is 0 Å². The monoisotopic (exact) mass is 635 g/mol. The van der Waals surface area contributed by atoms with Crippen LogP contribution in [0.3, 0.4) is 0 Å². The van der Waals surface area contributed by atoms with Gasteiger partial charge in [0.05, 0.1) is 0 Å². The first-order valence-electron chi connectivity index (χ1n) is 16.3. The Morgan fingerprint density at radius 1 is 0.826 bits per heavy atom. The number of ether oxygens (including phenoxy) is 2. The fraction of sp³-hybridized carbons (Fsp3) is 0.568. The second-order valence-corrected chi connectivity index (χ2v) is 14.7. The van der Waals surface area contributed by atoms with Gasteiger partial charge < -0.3 is 25.0 Å². The molecule has 0 aromatic heterocycles. The number of amides is 3. The number of carbonyl (C=O) groups excluding carboxylic acids is 4. The summed E-state index contributed by atoms with van der Waals surface area (Å²) >= 11 is 0. The molecule has 2 N–H and O–H groups in total. The van der Waals surface area contributed by atoms with Crippen molar-refractivity contribution in [2.45, 2.75) is 130 Å². The van der Waals surface area contributed by atoms with Crippen LogP contribution in [-0.2, 0) is 30.3 Å². The Bertz CT molecular complexity index is 1350. The van der Waals surface area contributed by atoms with Crippen molar-refractivity contribution in [2.75, 3.05) is 0 Å². The van der Waals surface area contributed by atoms with Crippen LogP contribution in [-0.4, -0.2) is 58.1 Å². The summed E-state index contributed by atoms with van der Waals surface area (Å²) in [7, 11) is 0. The van der Waals surface area contributed by atoms with E-state index in [0.29, 0.717) is 5.56 Å². The summed E-state index contributed by atoms with van der Waals surface area (Å²) in [5.74, 6) is -1.70. The molecule has 252 valence electrons. The second kappa shape index (κ2) is 15.1. The molecule has 0 spiro atoms. The number of aryl methyl sites for hydroxylation is 2. The highest BCUT2D eigenvalue weighted by Crippen LogP contribution is 2.37. The summed E-state index contributed by atoms with van der Waals surface area (Å²) < 4.78 is 11.3. The van der Waals surface area contributed by atoms with E-state index in [-0.39, 0.29) is 24.3 Å². The van der Waals surface area contributed by atoms with E-state index in [4.69, 9.17) is 9.47 Å². The average molecular weight is 636 g/mol. The molecule has 0 heterocycles. The van der Waals surface area contributed by atoms with Crippen molar-refractivity contribution in [1.29, 1.82) is 0 Å². The minimum atomic E-state index is -1.05. The molecule has 2 aromatic rings. The SMILES string of the molecule is Cc1cccc(C)c1C(C(=O)NC(Cc1ccccc1)C(=O)OC(C)(C)C)N(C(=O)C(NC(=O)OC(C)(C)C)C(C)C)C1CCC1. The van der Waals surface area contributed by atoms with Gasteiger partial charge in [-0.3, -0.25) is 9.59 Å². The minimum Gasteiger partial charge on any atom is -0.458 e. The number of carbonyl (C=O) groups is 4. The van der Waals surface area contributed by atoms with Gasteiger partial charge in [-0.2, -0.15) is 0 Å². The molecule has 46 heavy (non-hydrogen) atoms. The number of hydrogen-bond acceptors (Lipinski definition) is 6. The first kappa shape index (κ1) is 36.6. The number of hydrogen-bond donors (Lipinski definition) is 2. The van der Waals surface area contributed by atoms with E-state index in [2.05, 4.69) is 10.6 Å². The lowest BCUT2D eigenvalue weighted by atomic mass is 9.85. The van der Waals surface area contributed by atoms with Crippen molar-refractivity contribution in [3.8, 4) is 0 Å². The Kier molecular flexibility index (Phi) is 12.0. The summed E-state index contributed by atoms with van der Waals surface area (Å²) in [4.78, 5) is 57.4. The molecule has 1 aliphatic carbocycles. The average Bonchev–Trinajstić information content (AvgIpc) is 2.89. The van der Waals surface area contributed by atoms with Crippen molar-refractivity contribution in [3.63, 3.8) is 0 Å². The molecule has 3 amide bonds. The number of alkyl carbamates (subject to hydrolysis) is 1. The Morgan fingerprint density at radius 2 is 1.39 bits per heavy atom. The van der Waals surface area contributed by atoms with Crippen molar-refractivity contribution >= 4 is 23.9 Å². The number of esters is 1. The largest absolute Gasteiger partial charge is 0.458 e. The van der Waals surface area contributed by atoms with Crippen LogP contribution < -0.4 is 10.6 Å². The van der Waals surface area contributed by atoms with Gasteiger partial charge in [0, 0.05) is 12.5 Å². The fourth-order valence-corrected chi connectivity index (χ4v) is 5.61. The molecule has 9 nitrogen and oxygen atoms in total. The topological polar surface area (TPSA) is 114 Å². The Hall–Kier alpha value is -3.88.